The van der Waals surface area contributed by atoms with Crippen molar-refractivity contribution in [3.05, 3.63) is 11.8 Å². The van der Waals surface area contributed by atoms with Crippen molar-refractivity contribution in [3.63, 3.8) is 0 Å². The molecule has 1 amide bonds. The van der Waals surface area contributed by atoms with Crippen LogP contribution in [0.15, 0.2) is 6.07 Å². The number of H-pyrrole nitrogens is 1. The number of rotatable bonds is 1. The molecule has 0 aromatic carbocycles. The van der Waals surface area contributed by atoms with Crippen LogP contribution in [0.2, 0.25) is 0 Å². The van der Waals surface area contributed by atoms with Crippen molar-refractivity contribution in [2.45, 2.75) is 0 Å². The van der Waals surface area contributed by atoms with Gasteiger partial charge in [0, 0.05) is 6.07 Å². The second kappa shape index (κ2) is 2.36. The van der Waals surface area contributed by atoms with E-state index in [2.05, 4.69) is 10.2 Å². The fourth-order valence-corrected chi connectivity index (χ4v) is 0.531. The highest BCUT2D eigenvalue weighted by Crippen LogP contribution is 1.98. The van der Waals surface area contributed by atoms with E-state index in [0.29, 0.717) is 0 Å². The summed E-state index contributed by atoms with van der Waals surface area (Å²) in [4.78, 5) is 10.7. The average molecular weight is 141 g/mol. The minimum Gasteiger partial charge on any atom is -0.382 e. The first-order valence-corrected chi connectivity index (χ1v) is 2.56. The monoisotopic (exact) mass is 141 g/mol. The van der Waals surface area contributed by atoms with Crippen molar-refractivity contribution < 1.29 is 4.79 Å². The van der Waals surface area contributed by atoms with Gasteiger partial charge >= 0.3 is 0 Å². The lowest BCUT2D eigenvalue weighted by atomic mass is 10.4. The van der Waals surface area contributed by atoms with Crippen LogP contribution in [-0.4, -0.2) is 16.1 Å². The third-order valence-electron chi connectivity index (χ3n) is 0.973. The largest absolute Gasteiger partial charge is 0.382 e. The predicted molar refractivity (Wildman–Crippen MR) is 34.7 cm³/mol. The second-order valence-electron chi connectivity index (χ2n) is 1.68. The Morgan fingerprint density at radius 3 is 2.90 bits per heavy atom. The van der Waals surface area contributed by atoms with Crippen molar-refractivity contribution in [3.8, 4) is 0 Å². The van der Waals surface area contributed by atoms with Gasteiger partial charge in [0.25, 0.3) is 5.91 Å². The molecule has 0 aliphatic carbocycles. The van der Waals surface area contributed by atoms with Crippen molar-refractivity contribution in [1.82, 2.24) is 15.6 Å². The molecule has 0 radical (unpaired) electrons. The Balaban J connectivity index is 2.85. The molecule has 10 heavy (non-hydrogen) atoms. The van der Waals surface area contributed by atoms with Crippen LogP contribution >= 0.6 is 0 Å². The number of aromatic nitrogens is 2. The summed E-state index contributed by atoms with van der Waals surface area (Å²) in [7, 11) is 0. The summed E-state index contributed by atoms with van der Waals surface area (Å²) >= 11 is 0. The van der Waals surface area contributed by atoms with Gasteiger partial charge in [-0.05, 0) is 0 Å². The van der Waals surface area contributed by atoms with Gasteiger partial charge in [0.05, 0.1) is 0 Å². The number of hydrogen-bond donors (Lipinski definition) is 4. The van der Waals surface area contributed by atoms with Crippen LogP contribution in [0.3, 0.4) is 0 Å². The Kier molecular flexibility index (Phi) is 1.55. The predicted octanol–water partition coefficient (Wildman–Crippen LogP) is -1.40. The normalized spacial score (nSPS) is 9.30. The van der Waals surface area contributed by atoms with Crippen LogP contribution in [0.5, 0.6) is 0 Å². The number of nitrogens with zero attached hydrogens (tertiary/aromatic N) is 1. The van der Waals surface area contributed by atoms with Crippen LogP contribution in [0.25, 0.3) is 0 Å². The van der Waals surface area contributed by atoms with Crippen LogP contribution in [0.4, 0.5) is 5.82 Å². The fraction of sp³-hybridized carbons (Fsp3) is 0. The molecule has 0 saturated heterocycles. The molecule has 1 aromatic rings. The molecule has 0 unspecified atom stereocenters. The van der Waals surface area contributed by atoms with E-state index in [4.69, 9.17) is 11.6 Å². The SMILES string of the molecule is NNC(=O)c1cc(N)n[nH]1. The molecular formula is C4H7N5O. The number of hydrazine groups is 1. The van der Waals surface area contributed by atoms with Gasteiger partial charge in [-0.2, -0.15) is 5.10 Å². The minimum atomic E-state index is -0.441. The summed E-state index contributed by atoms with van der Waals surface area (Å²) in [6.45, 7) is 0. The molecular weight excluding hydrogens is 134 g/mol. The summed E-state index contributed by atoms with van der Waals surface area (Å²) in [5, 5.41) is 5.91. The summed E-state index contributed by atoms with van der Waals surface area (Å²) in [6, 6.07) is 1.39. The Morgan fingerprint density at radius 1 is 1.80 bits per heavy atom. The number of carbonyl (C=O) groups excluding carboxylic acids is 1. The number of anilines is 1. The lowest BCUT2D eigenvalue weighted by molar-refractivity contribution is 0.0948. The van der Waals surface area contributed by atoms with Crippen LogP contribution in [-0.2, 0) is 0 Å². The summed E-state index contributed by atoms with van der Waals surface area (Å²) < 4.78 is 0. The molecule has 0 bridgehead atoms. The van der Waals surface area contributed by atoms with Gasteiger partial charge in [-0.3, -0.25) is 15.3 Å². The summed E-state index contributed by atoms with van der Waals surface area (Å²) in [5.74, 6) is 4.65. The molecule has 1 heterocycles. The molecule has 0 aliphatic rings. The number of hydrogen-bond acceptors (Lipinski definition) is 4. The summed E-state index contributed by atoms with van der Waals surface area (Å²) in [5.41, 5.74) is 7.39. The molecule has 6 nitrogen and oxygen atoms in total. The quantitative estimate of drug-likeness (QED) is 0.219. The number of nitrogens with two attached hydrogens (primary N) is 2. The fourth-order valence-electron chi connectivity index (χ4n) is 0.531. The molecule has 0 atom stereocenters. The zero-order valence-corrected chi connectivity index (χ0v) is 5.09. The van der Waals surface area contributed by atoms with Crippen LogP contribution in [0.1, 0.15) is 10.5 Å². The maximum Gasteiger partial charge on any atom is 0.283 e. The van der Waals surface area contributed by atoms with Gasteiger partial charge in [-0.15, -0.1) is 0 Å². The zero-order chi connectivity index (χ0) is 7.56. The third kappa shape index (κ3) is 1.06. The molecule has 0 spiro atoms. The van der Waals surface area contributed by atoms with Crippen LogP contribution < -0.4 is 17.0 Å². The molecule has 54 valence electrons. The Hall–Kier alpha value is -1.56. The van der Waals surface area contributed by atoms with Gasteiger partial charge in [0.1, 0.15) is 11.5 Å². The number of nitrogen functional groups attached to an aromatic ring is 2. The molecule has 6 heteroatoms. The number of carbonyl (C=O) groups is 1. The molecule has 0 aliphatic heterocycles. The van der Waals surface area contributed by atoms with E-state index in [1.54, 1.807) is 0 Å². The molecule has 0 fully saturated rings. The van der Waals surface area contributed by atoms with Crippen molar-refractivity contribution in [1.29, 1.82) is 0 Å². The highest BCUT2D eigenvalue weighted by atomic mass is 16.2. The highest BCUT2D eigenvalue weighted by molar-refractivity contribution is 5.92. The second-order valence-corrected chi connectivity index (χ2v) is 1.68. The third-order valence-corrected chi connectivity index (χ3v) is 0.973. The van der Waals surface area contributed by atoms with E-state index in [1.807, 2.05) is 5.43 Å². The van der Waals surface area contributed by atoms with Gasteiger partial charge in [0.2, 0.25) is 0 Å². The summed E-state index contributed by atoms with van der Waals surface area (Å²) in [6.07, 6.45) is 0. The minimum absolute atomic E-state index is 0.250. The van der Waals surface area contributed by atoms with Gasteiger partial charge in [-0.1, -0.05) is 0 Å². The Labute approximate surface area is 56.6 Å². The smallest absolute Gasteiger partial charge is 0.283 e. The average Bonchev–Trinajstić information content (AvgIpc) is 2.34. The zero-order valence-electron chi connectivity index (χ0n) is 5.09. The van der Waals surface area contributed by atoms with Crippen molar-refractivity contribution >= 4 is 11.7 Å². The Bertz CT molecular complexity index is 242. The van der Waals surface area contributed by atoms with E-state index >= 15 is 0 Å². The molecule has 1 rings (SSSR count). The van der Waals surface area contributed by atoms with E-state index < -0.39 is 5.91 Å². The van der Waals surface area contributed by atoms with Crippen LogP contribution in [0, 0.1) is 0 Å². The maximum absolute atomic E-state index is 10.7. The van der Waals surface area contributed by atoms with Gasteiger partial charge < -0.3 is 5.73 Å². The molecule has 6 N–H and O–H groups in total. The van der Waals surface area contributed by atoms with E-state index in [1.165, 1.54) is 6.07 Å². The topological polar surface area (TPSA) is 110 Å². The lowest BCUT2D eigenvalue weighted by Gasteiger charge is -1.90. The highest BCUT2D eigenvalue weighted by Gasteiger charge is 2.04. The standard InChI is InChI=1S/C4H7N5O/c5-3-1-2(8-9-3)4(10)7-6/h1H,6H2,(H,7,10)(H3,5,8,9). The van der Waals surface area contributed by atoms with Crippen molar-refractivity contribution in [2.75, 3.05) is 5.73 Å². The first-order valence-electron chi connectivity index (χ1n) is 2.56. The first kappa shape index (κ1) is 6.56. The number of nitrogens with one attached hydrogen (secondary N) is 2. The first-order chi connectivity index (χ1) is 4.74. The van der Waals surface area contributed by atoms with Gasteiger partial charge in [-0.25, -0.2) is 5.84 Å². The van der Waals surface area contributed by atoms with E-state index in [9.17, 15) is 4.79 Å². The van der Waals surface area contributed by atoms with Gasteiger partial charge in [0.15, 0.2) is 0 Å². The number of aromatic amines is 1. The maximum atomic E-state index is 10.7. The number of amides is 1. The Morgan fingerprint density at radius 2 is 2.50 bits per heavy atom. The molecule has 1 aromatic heterocycles. The molecule has 0 saturated carbocycles. The van der Waals surface area contributed by atoms with E-state index in [0.717, 1.165) is 0 Å². The lowest BCUT2D eigenvalue weighted by Crippen LogP contribution is -2.30. The van der Waals surface area contributed by atoms with E-state index in [-0.39, 0.29) is 11.5 Å². The van der Waals surface area contributed by atoms with Crippen molar-refractivity contribution in [2.24, 2.45) is 5.84 Å².